The quantitative estimate of drug-likeness (QED) is 0.334. The van der Waals surface area contributed by atoms with Crippen LogP contribution in [0.4, 0.5) is 0 Å². The standard InChI is InChI=1S/C6H6N2OS.Na/c1-4-7-2-5(3-8-4)6(9)10;/h2-3H,1H3,(H,9,10);/q;+1/p-1. The number of nitrogens with zero attached hydrogens (tertiary/aromatic N) is 2. The third-order valence-corrected chi connectivity index (χ3v) is 1.25. The van der Waals surface area contributed by atoms with Gasteiger partial charge in [-0.3, -0.25) is 0 Å². The van der Waals surface area contributed by atoms with E-state index in [2.05, 4.69) is 22.2 Å². The van der Waals surface area contributed by atoms with Gasteiger partial charge in [0.2, 0.25) is 0 Å². The summed E-state index contributed by atoms with van der Waals surface area (Å²) in [6.45, 7) is 1.75. The Balaban J connectivity index is 0.000001000. The molecule has 11 heavy (non-hydrogen) atoms. The van der Waals surface area contributed by atoms with Crippen LogP contribution < -0.4 is 34.7 Å². The van der Waals surface area contributed by atoms with Crippen molar-refractivity contribution >= 4 is 17.3 Å². The van der Waals surface area contributed by atoms with Crippen LogP contribution in [-0.4, -0.2) is 15.0 Å². The number of aromatic nitrogens is 2. The number of hydrogen-bond acceptors (Lipinski definition) is 4. The Bertz CT molecular complexity index is 249. The fourth-order valence-electron chi connectivity index (χ4n) is 0.498. The zero-order valence-electron chi connectivity index (χ0n) is 6.37. The average Bonchev–Trinajstić information content (AvgIpc) is 1.88. The predicted octanol–water partition coefficient (Wildman–Crippen LogP) is -3.18. The van der Waals surface area contributed by atoms with E-state index in [0.717, 1.165) is 0 Å². The SMILES string of the molecule is Cc1ncc(C([O-])=S)cn1.[Na+]. The molecule has 0 N–H and O–H groups in total. The van der Waals surface area contributed by atoms with Gasteiger partial charge in [-0.15, -0.1) is 0 Å². The molecule has 0 aliphatic rings. The van der Waals surface area contributed by atoms with Crippen molar-refractivity contribution in [3.8, 4) is 0 Å². The molecule has 0 fully saturated rings. The minimum atomic E-state index is -0.417. The molecule has 0 radical (unpaired) electrons. The van der Waals surface area contributed by atoms with E-state index in [1.165, 1.54) is 12.4 Å². The summed E-state index contributed by atoms with van der Waals surface area (Å²) in [5.41, 5.74) is 0.376. The van der Waals surface area contributed by atoms with Crippen molar-refractivity contribution in [2.24, 2.45) is 0 Å². The Morgan fingerprint density at radius 1 is 1.45 bits per heavy atom. The molecular formula is C6H5N2NaOS. The summed E-state index contributed by atoms with van der Waals surface area (Å²) in [6, 6.07) is 0. The Hall–Kier alpha value is -0.0300. The van der Waals surface area contributed by atoms with Crippen molar-refractivity contribution in [2.45, 2.75) is 6.92 Å². The molecule has 1 rings (SSSR count). The molecule has 1 aromatic rings. The van der Waals surface area contributed by atoms with E-state index in [4.69, 9.17) is 0 Å². The van der Waals surface area contributed by atoms with Gasteiger partial charge in [-0.05, 0) is 12.0 Å². The van der Waals surface area contributed by atoms with Gasteiger partial charge in [0.05, 0.1) is 0 Å². The van der Waals surface area contributed by atoms with Gasteiger partial charge in [0.1, 0.15) is 5.82 Å². The summed E-state index contributed by atoms with van der Waals surface area (Å²) >= 11 is 4.37. The maximum absolute atomic E-state index is 10.5. The summed E-state index contributed by atoms with van der Waals surface area (Å²) in [5, 5.41) is 10.1. The second kappa shape index (κ2) is 4.77. The second-order valence-electron chi connectivity index (χ2n) is 1.81. The van der Waals surface area contributed by atoms with E-state index in [9.17, 15) is 5.11 Å². The second-order valence-corrected chi connectivity index (χ2v) is 2.18. The van der Waals surface area contributed by atoms with Gasteiger partial charge in [0.15, 0.2) is 0 Å². The van der Waals surface area contributed by atoms with Gasteiger partial charge in [-0.1, -0.05) is 12.2 Å². The maximum atomic E-state index is 10.5. The zero-order chi connectivity index (χ0) is 7.56. The molecule has 0 saturated carbocycles. The first-order chi connectivity index (χ1) is 4.70. The Labute approximate surface area is 92.2 Å². The first-order valence-electron chi connectivity index (χ1n) is 2.70. The number of aryl methyl sites for hydroxylation is 1. The predicted molar refractivity (Wildman–Crippen MR) is 38.5 cm³/mol. The van der Waals surface area contributed by atoms with Crippen LogP contribution in [0.2, 0.25) is 0 Å². The minimum Gasteiger partial charge on any atom is -0.864 e. The molecule has 0 aliphatic carbocycles. The van der Waals surface area contributed by atoms with E-state index < -0.39 is 5.05 Å². The van der Waals surface area contributed by atoms with Crippen LogP contribution in [0, 0.1) is 6.92 Å². The number of thiocarbonyl (C=S) groups is 1. The van der Waals surface area contributed by atoms with Crippen LogP contribution in [-0.2, 0) is 0 Å². The van der Waals surface area contributed by atoms with Crippen LogP contribution in [0.1, 0.15) is 11.4 Å². The number of rotatable bonds is 1. The van der Waals surface area contributed by atoms with E-state index in [1.807, 2.05) is 0 Å². The summed E-state index contributed by atoms with van der Waals surface area (Å²) in [6.07, 6.45) is 2.86. The largest absolute Gasteiger partial charge is 1.00 e. The van der Waals surface area contributed by atoms with Crippen LogP contribution >= 0.6 is 12.2 Å². The van der Waals surface area contributed by atoms with E-state index >= 15 is 0 Å². The molecule has 0 unspecified atom stereocenters. The van der Waals surface area contributed by atoms with Gasteiger partial charge in [0.25, 0.3) is 0 Å². The summed E-state index contributed by atoms with van der Waals surface area (Å²) < 4.78 is 0. The maximum Gasteiger partial charge on any atom is 1.00 e. The van der Waals surface area contributed by atoms with Gasteiger partial charge in [-0.2, -0.15) is 0 Å². The summed E-state index contributed by atoms with van der Waals surface area (Å²) in [4.78, 5) is 7.60. The molecule has 0 amide bonds. The van der Waals surface area contributed by atoms with Gasteiger partial charge < -0.3 is 5.11 Å². The molecule has 0 atom stereocenters. The molecule has 52 valence electrons. The van der Waals surface area contributed by atoms with E-state index in [1.54, 1.807) is 6.92 Å². The third-order valence-electron chi connectivity index (χ3n) is 1.02. The molecular weight excluding hydrogens is 171 g/mol. The Morgan fingerprint density at radius 2 is 1.91 bits per heavy atom. The topological polar surface area (TPSA) is 48.8 Å². The smallest absolute Gasteiger partial charge is 0.864 e. The minimum absolute atomic E-state index is 0. The first-order valence-corrected chi connectivity index (χ1v) is 3.11. The van der Waals surface area contributed by atoms with Crippen molar-refractivity contribution in [3.05, 3.63) is 23.8 Å². The fourth-order valence-corrected chi connectivity index (χ4v) is 0.603. The zero-order valence-corrected chi connectivity index (χ0v) is 9.18. The molecule has 0 aromatic carbocycles. The third kappa shape index (κ3) is 3.25. The van der Waals surface area contributed by atoms with Crippen molar-refractivity contribution in [1.29, 1.82) is 0 Å². The van der Waals surface area contributed by atoms with Gasteiger partial charge in [0, 0.05) is 18.0 Å². The van der Waals surface area contributed by atoms with Crippen molar-refractivity contribution in [3.63, 3.8) is 0 Å². The molecule has 1 aromatic heterocycles. The molecule has 3 nitrogen and oxygen atoms in total. The summed E-state index contributed by atoms with van der Waals surface area (Å²) in [5.74, 6) is 0.639. The van der Waals surface area contributed by atoms with E-state index in [0.29, 0.717) is 11.4 Å². The number of hydrogen-bond donors (Lipinski definition) is 0. The van der Waals surface area contributed by atoms with Gasteiger partial charge >= 0.3 is 29.6 Å². The molecule has 5 heteroatoms. The molecule has 0 bridgehead atoms. The Morgan fingerprint density at radius 3 is 2.27 bits per heavy atom. The van der Waals surface area contributed by atoms with Crippen LogP contribution in [0.15, 0.2) is 12.4 Å². The summed E-state index contributed by atoms with van der Waals surface area (Å²) in [7, 11) is 0. The van der Waals surface area contributed by atoms with Crippen molar-refractivity contribution < 1.29 is 34.7 Å². The van der Waals surface area contributed by atoms with Crippen LogP contribution in [0.5, 0.6) is 0 Å². The molecule has 0 spiro atoms. The van der Waals surface area contributed by atoms with Gasteiger partial charge in [-0.25, -0.2) is 9.97 Å². The molecule has 0 saturated heterocycles. The Kier molecular flexibility index (Phi) is 4.76. The molecule has 0 aliphatic heterocycles. The van der Waals surface area contributed by atoms with Crippen molar-refractivity contribution in [2.75, 3.05) is 0 Å². The van der Waals surface area contributed by atoms with Crippen LogP contribution in [0.3, 0.4) is 0 Å². The fraction of sp³-hybridized carbons (Fsp3) is 0.167. The van der Waals surface area contributed by atoms with Crippen LogP contribution in [0.25, 0.3) is 0 Å². The van der Waals surface area contributed by atoms with E-state index in [-0.39, 0.29) is 29.6 Å². The van der Waals surface area contributed by atoms with Crippen molar-refractivity contribution in [1.82, 2.24) is 9.97 Å². The molecule has 1 heterocycles. The average molecular weight is 176 g/mol. The monoisotopic (exact) mass is 176 g/mol. The normalized spacial score (nSPS) is 8.45. The first kappa shape index (κ1) is 11.0.